The summed E-state index contributed by atoms with van der Waals surface area (Å²) in [7, 11) is -4.29. The summed E-state index contributed by atoms with van der Waals surface area (Å²) in [5, 5.41) is 0. The zero-order valence-corrected chi connectivity index (χ0v) is 36.4. The number of rotatable bonds is 44. The number of phosphoric ester groups is 1. The third kappa shape index (κ3) is 42.1. The molecule has 2 atom stereocenters. The minimum atomic E-state index is -4.29. The number of phosphoric acid groups is 1. The predicted octanol–water partition coefficient (Wildman–Crippen LogP) is 13.6. The number of unbranched alkanes of at least 4 members (excludes halogenated alkanes) is 27. The van der Waals surface area contributed by atoms with Crippen molar-refractivity contribution in [1.82, 2.24) is 0 Å². The van der Waals surface area contributed by atoms with Crippen LogP contribution in [-0.4, -0.2) is 49.9 Å². The molecule has 9 heteroatoms. The Morgan fingerprint density at radius 2 is 0.926 bits per heavy atom. The molecule has 0 bridgehead atoms. The second kappa shape index (κ2) is 43.1. The van der Waals surface area contributed by atoms with Gasteiger partial charge in [-0.1, -0.05) is 192 Å². The summed E-state index contributed by atoms with van der Waals surface area (Å²) in [6.45, 7) is 4.82. The van der Waals surface area contributed by atoms with Crippen LogP contribution in [0.2, 0.25) is 0 Å². The van der Waals surface area contributed by atoms with Crippen LogP contribution in [0, 0.1) is 0 Å². The van der Waals surface area contributed by atoms with E-state index in [4.69, 9.17) is 24.3 Å². The summed E-state index contributed by atoms with van der Waals surface area (Å²) in [5.41, 5.74) is 5.37. The molecule has 0 heterocycles. The Morgan fingerprint density at radius 3 is 1.35 bits per heavy atom. The third-order valence-corrected chi connectivity index (χ3v) is 10.8. The molecule has 0 aliphatic heterocycles. The van der Waals surface area contributed by atoms with E-state index in [1.165, 1.54) is 167 Å². The molecule has 0 saturated carbocycles. The average molecular weight is 786 g/mol. The molecule has 320 valence electrons. The fraction of sp³-hybridized carbons (Fsp3) is 0.889. The van der Waals surface area contributed by atoms with Crippen molar-refractivity contribution < 1.29 is 32.8 Å². The molecule has 0 amide bonds. The summed E-state index contributed by atoms with van der Waals surface area (Å²) in [6.07, 6.45) is 48.0. The molecule has 0 aromatic heterocycles. The van der Waals surface area contributed by atoms with Gasteiger partial charge in [-0.3, -0.25) is 13.8 Å². The van der Waals surface area contributed by atoms with Gasteiger partial charge in [0.25, 0.3) is 0 Å². The van der Waals surface area contributed by atoms with Gasteiger partial charge in [-0.15, -0.1) is 0 Å². The van der Waals surface area contributed by atoms with E-state index in [-0.39, 0.29) is 38.8 Å². The molecule has 3 N–H and O–H groups in total. The number of nitrogens with two attached hydrogens (primary N) is 1. The number of hydrogen-bond donors (Lipinski definition) is 2. The Hall–Kier alpha value is -1.02. The molecule has 0 aromatic carbocycles. The topological polar surface area (TPSA) is 117 Å². The Labute approximate surface area is 334 Å². The van der Waals surface area contributed by atoms with Crippen LogP contribution in [0.5, 0.6) is 0 Å². The summed E-state index contributed by atoms with van der Waals surface area (Å²) in [6, 6.07) is 0. The molecule has 0 fully saturated rings. The largest absolute Gasteiger partial charge is 0.472 e. The molecule has 2 unspecified atom stereocenters. The Kier molecular flexibility index (Phi) is 42.3. The fourth-order valence-electron chi connectivity index (χ4n) is 6.49. The molecule has 0 aliphatic carbocycles. The lowest BCUT2D eigenvalue weighted by atomic mass is 10.0. The highest BCUT2D eigenvalue weighted by molar-refractivity contribution is 7.47. The predicted molar refractivity (Wildman–Crippen MR) is 229 cm³/mol. The minimum Gasteiger partial charge on any atom is -0.457 e. The van der Waals surface area contributed by atoms with Crippen molar-refractivity contribution in [3.8, 4) is 0 Å². The second-order valence-corrected chi connectivity index (χ2v) is 16.7. The van der Waals surface area contributed by atoms with Gasteiger partial charge in [0.15, 0.2) is 0 Å². The van der Waals surface area contributed by atoms with Crippen LogP contribution in [0.3, 0.4) is 0 Å². The first-order valence-electron chi connectivity index (χ1n) is 22.8. The Morgan fingerprint density at radius 1 is 0.537 bits per heavy atom. The Bertz CT molecular complexity index is 884. The number of carbonyl (C=O) groups is 1. The van der Waals surface area contributed by atoms with E-state index in [9.17, 15) is 14.3 Å². The zero-order valence-electron chi connectivity index (χ0n) is 35.5. The molecule has 0 spiro atoms. The van der Waals surface area contributed by atoms with Crippen LogP contribution >= 0.6 is 7.82 Å². The van der Waals surface area contributed by atoms with Crippen molar-refractivity contribution in [1.29, 1.82) is 0 Å². The first kappa shape index (κ1) is 53.0. The van der Waals surface area contributed by atoms with Crippen LogP contribution in [0.4, 0.5) is 0 Å². The van der Waals surface area contributed by atoms with E-state index >= 15 is 0 Å². The molecule has 8 nitrogen and oxygen atoms in total. The minimum absolute atomic E-state index is 0.0834. The normalized spacial score (nSPS) is 13.6. The first-order chi connectivity index (χ1) is 26.4. The molecule has 0 radical (unpaired) electrons. The van der Waals surface area contributed by atoms with Gasteiger partial charge in [0, 0.05) is 19.6 Å². The second-order valence-electron chi connectivity index (χ2n) is 15.3. The lowest BCUT2D eigenvalue weighted by molar-refractivity contribution is -0.154. The first-order valence-corrected chi connectivity index (χ1v) is 24.3. The quantitative estimate of drug-likeness (QED) is 0.0271. The maximum absolute atomic E-state index is 12.6. The van der Waals surface area contributed by atoms with Crippen LogP contribution in [-0.2, 0) is 27.9 Å². The SMILES string of the molecule is CCCCCCCCCCCCCC=CCCCOCC(COP(=O)(O)OCCN)OC(=O)CCC=CCCCCCCCCCCCCCCCCC. The van der Waals surface area contributed by atoms with Crippen molar-refractivity contribution in [2.45, 2.75) is 225 Å². The molecular formula is C45H88NO7P. The molecule has 0 rings (SSSR count). The number of hydrogen-bond acceptors (Lipinski definition) is 7. The molecular weight excluding hydrogens is 697 g/mol. The average Bonchev–Trinajstić information content (AvgIpc) is 3.16. The highest BCUT2D eigenvalue weighted by Crippen LogP contribution is 2.43. The lowest BCUT2D eigenvalue weighted by Crippen LogP contribution is -2.28. The molecule has 0 aliphatic rings. The summed E-state index contributed by atoms with van der Waals surface area (Å²) >= 11 is 0. The van der Waals surface area contributed by atoms with Crippen molar-refractivity contribution >= 4 is 13.8 Å². The highest BCUT2D eigenvalue weighted by atomic mass is 31.2. The standard InChI is InChI=1S/C45H88NO7P/c1-3-5-7-9-11-13-15-17-19-21-22-23-24-26-28-30-32-34-36-38-45(47)53-44(43-52-54(48,49)51-41-39-46)42-50-40-37-35-33-31-29-27-25-20-18-16-14-12-10-8-6-4-2/h31-34,44H,3-30,35-43,46H2,1-2H3,(H,48,49). The van der Waals surface area contributed by atoms with Gasteiger partial charge in [0.1, 0.15) is 6.10 Å². The smallest absolute Gasteiger partial charge is 0.457 e. The van der Waals surface area contributed by atoms with Gasteiger partial charge in [-0.2, -0.15) is 0 Å². The van der Waals surface area contributed by atoms with Gasteiger partial charge in [0.05, 0.1) is 19.8 Å². The summed E-state index contributed by atoms with van der Waals surface area (Å²) in [4.78, 5) is 22.5. The van der Waals surface area contributed by atoms with Crippen molar-refractivity contribution in [3.05, 3.63) is 24.3 Å². The van der Waals surface area contributed by atoms with Crippen LogP contribution < -0.4 is 5.73 Å². The van der Waals surface area contributed by atoms with Crippen molar-refractivity contribution in [2.24, 2.45) is 5.73 Å². The van der Waals surface area contributed by atoms with E-state index in [2.05, 4.69) is 32.1 Å². The molecule has 0 aromatic rings. The van der Waals surface area contributed by atoms with Crippen LogP contribution in [0.25, 0.3) is 0 Å². The number of ether oxygens (including phenoxy) is 2. The van der Waals surface area contributed by atoms with Gasteiger partial charge in [0.2, 0.25) is 0 Å². The summed E-state index contributed by atoms with van der Waals surface area (Å²) in [5.74, 6) is -0.384. The number of esters is 1. The maximum Gasteiger partial charge on any atom is 0.472 e. The Balaban J connectivity index is 4.05. The fourth-order valence-corrected chi connectivity index (χ4v) is 7.26. The van der Waals surface area contributed by atoms with Crippen LogP contribution in [0.15, 0.2) is 24.3 Å². The van der Waals surface area contributed by atoms with Crippen molar-refractivity contribution in [2.75, 3.05) is 33.0 Å². The van der Waals surface area contributed by atoms with Gasteiger partial charge >= 0.3 is 13.8 Å². The maximum atomic E-state index is 12.6. The number of carbonyl (C=O) groups excluding carboxylic acids is 1. The third-order valence-electron chi connectivity index (χ3n) is 9.85. The van der Waals surface area contributed by atoms with E-state index < -0.39 is 13.9 Å². The van der Waals surface area contributed by atoms with Crippen molar-refractivity contribution in [3.63, 3.8) is 0 Å². The van der Waals surface area contributed by atoms with Crippen LogP contribution in [0.1, 0.15) is 219 Å². The highest BCUT2D eigenvalue weighted by Gasteiger charge is 2.25. The van der Waals surface area contributed by atoms with Gasteiger partial charge in [-0.05, 0) is 44.9 Å². The van der Waals surface area contributed by atoms with E-state index in [0.717, 1.165) is 25.7 Å². The number of allylic oxidation sites excluding steroid dienone is 4. The van der Waals surface area contributed by atoms with Gasteiger partial charge < -0.3 is 20.1 Å². The monoisotopic (exact) mass is 786 g/mol. The molecule has 0 saturated heterocycles. The van der Waals surface area contributed by atoms with E-state index in [1.807, 2.05) is 6.08 Å². The lowest BCUT2D eigenvalue weighted by Gasteiger charge is -2.19. The molecule has 54 heavy (non-hydrogen) atoms. The van der Waals surface area contributed by atoms with Gasteiger partial charge in [-0.25, -0.2) is 4.57 Å². The summed E-state index contributed by atoms with van der Waals surface area (Å²) < 4.78 is 33.4. The van der Waals surface area contributed by atoms with E-state index in [0.29, 0.717) is 13.0 Å². The van der Waals surface area contributed by atoms with E-state index in [1.54, 1.807) is 0 Å². The zero-order chi connectivity index (χ0) is 39.5.